The van der Waals surface area contributed by atoms with Crippen LogP contribution in [0, 0.1) is 13.8 Å². The summed E-state index contributed by atoms with van der Waals surface area (Å²) < 4.78 is 40.0. The molecule has 0 spiro atoms. The van der Waals surface area contributed by atoms with Crippen molar-refractivity contribution in [3.8, 4) is 11.5 Å². The van der Waals surface area contributed by atoms with Crippen LogP contribution in [-0.2, 0) is 10.0 Å². The Balaban J connectivity index is 1.49. The van der Waals surface area contributed by atoms with Gasteiger partial charge >= 0.3 is 0 Å². The van der Waals surface area contributed by atoms with E-state index in [-0.39, 0.29) is 10.6 Å². The summed E-state index contributed by atoms with van der Waals surface area (Å²) in [5.74, 6) is 3.14. The SMILES string of the molecule is CCOc1ccc(OCC)c(S(=O)(=O)Nc2ccc(Nc3cc(Nc4cc(C)ccn4)nc(C)n3)cc2)c1. The largest absolute Gasteiger partial charge is 0.494 e. The number of hydrogen-bond donors (Lipinski definition) is 3. The minimum Gasteiger partial charge on any atom is -0.494 e. The number of benzene rings is 2. The van der Waals surface area contributed by atoms with Crippen LogP contribution in [0.25, 0.3) is 0 Å². The smallest absolute Gasteiger partial charge is 0.265 e. The van der Waals surface area contributed by atoms with Crippen LogP contribution in [0.1, 0.15) is 25.2 Å². The zero-order valence-corrected chi connectivity index (χ0v) is 22.5. The van der Waals surface area contributed by atoms with Crippen LogP contribution >= 0.6 is 0 Å². The number of rotatable bonds is 11. The van der Waals surface area contributed by atoms with E-state index in [2.05, 4.69) is 30.3 Å². The van der Waals surface area contributed by atoms with Gasteiger partial charge < -0.3 is 20.1 Å². The molecule has 0 aliphatic rings. The average molecular weight is 535 g/mol. The monoisotopic (exact) mass is 534 g/mol. The molecule has 11 heteroatoms. The second-order valence-electron chi connectivity index (χ2n) is 8.31. The number of anilines is 5. The molecule has 0 atom stereocenters. The highest BCUT2D eigenvalue weighted by molar-refractivity contribution is 7.92. The van der Waals surface area contributed by atoms with Crippen molar-refractivity contribution in [2.45, 2.75) is 32.6 Å². The molecule has 3 N–H and O–H groups in total. The number of nitrogens with one attached hydrogen (secondary N) is 3. The molecule has 38 heavy (non-hydrogen) atoms. The Hall–Kier alpha value is -4.38. The Morgan fingerprint density at radius 2 is 1.45 bits per heavy atom. The topological polar surface area (TPSA) is 127 Å². The van der Waals surface area contributed by atoms with Gasteiger partial charge in [0.15, 0.2) is 0 Å². The van der Waals surface area contributed by atoms with Crippen LogP contribution in [0.4, 0.5) is 28.8 Å². The third kappa shape index (κ3) is 6.88. The highest BCUT2D eigenvalue weighted by Crippen LogP contribution is 2.31. The van der Waals surface area contributed by atoms with Crippen LogP contribution in [0.15, 0.2) is 71.8 Å². The summed E-state index contributed by atoms with van der Waals surface area (Å²) in [6, 6.07) is 17.2. The summed E-state index contributed by atoms with van der Waals surface area (Å²) in [4.78, 5) is 13.2. The first-order valence-corrected chi connectivity index (χ1v) is 13.6. The van der Waals surface area contributed by atoms with E-state index in [0.717, 1.165) is 11.3 Å². The molecule has 0 bridgehead atoms. The quantitative estimate of drug-likeness (QED) is 0.226. The van der Waals surface area contributed by atoms with Crippen molar-refractivity contribution in [3.63, 3.8) is 0 Å². The summed E-state index contributed by atoms with van der Waals surface area (Å²) in [6.07, 6.45) is 1.73. The van der Waals surface area contributed by atoms with E-state index in [1.54, 1.807) is 62.5 Å². The molecule has 198 valence electrons. The lowest BCUT2D eigenvalue weighted by molar-refractivity contribution is 0.322. The normalized spacial score (nSPS) is 11.1. The molecule has 0 aliphatic carbocycles. The summed E-state index contributed by atoms with van der Waals surface area (Å²) in [7, 11) is -3.93. The lowest BCUT2D eigenvalue weighted by atomic mass is 10.3. The van der Waals surface area contributed by atoms with E-state index >= 15 is 0 Å². The van der Waals surface area contributed by atoms with E-state index in [0.29, 0.717) is 47.9 Å². The Morgan fingerprint density at radius 1 is 0.763 bits per heavy atom. The maximum absolute atomic E-state index is 13.2. The molecule has 0 fully saturated rings. The van der Waals surface area contributed by atoms with E-state index in [9.17, 15) is 8.42 Å². The zero-order chi connectivity index (χ0) is 27.1. The van der Waals surface area contributed by atoms with Crippen LogP contribution in [0.5, 0.6) is 11.5 Å². The molecule has 4 aromatic rings. The number of sulfonamides is 1. The Morgan fingerprint density at radius 3 is 2.13 bits per heavy atom. The predicted octanol–water partition coefficient (Wildman–Crippen LogP) is 5.57. The molecule has 2 aromatic heterocycles. The van der Waals surface area contributed by atoms with Gasteiger partial charge in [0.1, 0.15) is 39.7 Å². The van der Waals surface area contributed by atoms with Crippen LogP contribution in [0.2, 0.25) is 0 Å². The lowest BCUT2D eigenvalue weighted by Gasteiger charge is -2.15. The van der Waals surface area contributed by atoms with Gasteiger partial charge in [0, 0.05) is 29.7 Å². The first-order chi connectivity index (χ1) is 18.3. The molecule has 0 aliphatic heterocycles. The minimum atomic E-state index is -3.93. The molecule has 0 amide bonds. The second kappa shape index (κ2) is 11.8. The number of aromatic nitrogens is 3. The second-order valence-corrected chi connectivity index (χ2v) is 9.96. The van der Waals surface area contributed by atoms with Crippen molar-refractivity contribution < 1.29 is 17.9 Å². The van der Waals surface area contributed by atoms with Gasteiger partial charge in [0.25, 0.3) is 10.0 Å². The van der Waals surface area contributed by atoms with E-state index < -0.39 is 10.0 Å². The molecule has 2 heterocycles. The summed E-state index contributed by atoms with van der Waals surface area (Å²) in [5.41, 5.74) is 2.20. The Bertz CT molecular complexity index is 1510. The fraction of sp³-hybridized carbons (Fsp3) is 0.222. The Labute approximate surface area is 222 Å². The van der Waals surface area contributed by atoms with Crippen molar-refractivity contribution in [2.24, 2.45) is 0 Å². The van der Waals surface area contributed by atoms with Crippen molar-refractivity contribution in [2.75, 3.05) is 28.6 Å². The maximum Gasteiger partial charge on any atom is 0.265 e. The molecule has 0 radical (unpaired) electrons. The molecule has 0 saturated heterocycles. The van der Waals surface area contributed by atoms with Crippen LogP contribution < -0.4 is 24.8 Å². The summed E-state index contributed by atoms with van der Waals surface area (Å²) >= 11 is 0. The molecule has 10 nitrogen and oxygen atoms in total. The van der Waals surface area contributed by atoms with E-state index in [1.165, 1.54) is 6.07 Å². The average Bonchev–Trinajstić information content (AvgIpc) is 2.86. The van der Waals surface area contributed by atoms with Gasteiger partial charge in [-0.15, -0.1) is 0 Å². The number of hydrogen-bond acceptors (Lipinski definition) is 9. The highest BCUT2D eigenvalue weighted by atomic mass is 32.2. The van der Waals surface area contributed by atoms with Crippen molar-refractivity contribution in [1.82, 2.24) is 15.0 Å². The van der Waals surface area contributed by atoms with E-state index in [1.807, 2.05) is 26.0 Å². The van der Waals surface area contributed by atoms with Crippen LogP contribution in [0.3, 0.4) is 0 Å². The first kappa shape index (κ1) is 26.7. The van der Waals surface area contributed by atoms with E-state index in [4.69, 9.17) is 9.47 Å². The number of nitrogens with zero attached hydrogens (tertiary/aromatic N) is 3. The summed E-state index contributed by atoms with van der Waals surface area (Å²) in [5, 5.41) is 6.42. The molecular formula is C27H30N6O4S. The van der Waals surface area contributed by atoms with Gasteiger partial charge in [-0.3, -0.25) is 4.72 Å². The fourth-order valence-corrected chi connectivity index (χ4v) is 4.86. The van der Waals surface area contributed by atoms with Gasteiger partial charge in [-0.1, -0.05) is 0 Å². The molecule has 0 unspecified atom stereocenters. The molecule has 2 aromatic carbocycles. The number of pyridine rings is 1. The van der Waals surface area contributed by atoms with Gasteiger partial charge in [-0.25, -0.2) is 23.4 Å². The fourth-order valence-electron chi connectivity index (χ4n) is 3.64. The van der Waals surface area contributed by atoms with Gasteiger partial charge in [-0.2, -0.15) is 0 Å². The first-order valence-electron chi connectivity index (χ1n) is 12.1. The molecule has 0 saturated carbocycles. The predicted molar refractivity (Wildman–Crippen MR) is 148 cm³/mol. The number of aryl methyl sites for hydroxylation is 2. The molecular weight excluding hydrogens is 504 g/mol. The third-order valence-electron chi connectivity index (χ3n) is 5.23. The number of ether oxygens (including phenoxy) is 2. The Kier molecular flexibility index (Phi) is 8.27. The zero-order valence-electron chi connectivity index (χ0n) is 21.6. The van der Waals surface area contributed by atoms with Gasteiger partial charge in [0.05, 0.1) is 13.2 Å². The third-order valence-corrected chi connectivity index (χ3v) is 6.64. The molecule has 4 rings (SSSR count). The van der Waals surface area contributed by atoms with Gasteiger partial charge in [0.2, 0.25) is 0 Å². The maximum atomic E-state index is 13.2. The highest BCUT2D eigenvalue weighted by Gasteiger charge is 2.21. The van der Waals surface area contributed by atoms with Crippen molar-refractivity contribution in [3.05, 3.63) is 78.2 Å². The minimum absolute atomic E-state index is 0.00657. The summed E-state index contributed by atoms with van der Waals surface area (Å²) in [6.45, 7) is 8.17. The standard InChI is InChI=1S/C27H30N6O4S/c1-5-36-22-11-12-23(37-6-2)24(16-22)38(34,35)33-21-9-7-20(8-10-21)31-26-17-27(30-19(4)29-26)32-25-15-18(3)13-14-28-25/h7-17,33H,5-6H2,1-4H3,(H2,28,29,30,31,32). The van der Waals surface area contributed by atoms with Crippen molar-refractivity contribution in [1.29, 1.82) is 0 Å². The van der Waals surface area contributed by atoms with Crippen molar-refractivity contribution >= 4 is 38.9 Å². The van der Waals surface area contributed by atoms with Gasteiger partial charge in [-0.05, 0) is 81.8 Å². The van der Waals surface area contributed by atoms with Crippen LogP contribution in [-0.4, -0.2) is 36.6 Å². The lowest BCUT2D eigenvalue weighted by Crippen LogP contribution is -2.15.